The summed E-state index contributed by atoms with van der Waals surface area (Å²) >= 11 is 0. The maximum absolute atomic E-state index is 13.0. The van der Waals surface area contributed by atoms with Crippen molar-refractivity contribution >= 4 is 39.5 Å². The van der Waals surface area contributed by atoms with Crippen molar-refractivity contribution in [3.05, 3.63) is 0 Å². The first kappa shape index (κ1) is 87.1. The van der Waals surface area contributed by atoms with Gasteiger partial charge in [-0.3, -0.25) is 37.3 Å². The molecule has 0 heterocycles. The van der Waals surface area contributed by atoms with Crippen LogP contribution in [-0.4, -0.2) is 96.7 Å². The van der Waals surface area contributed by atoms with E-state index in [1.165, 1.54) is 167 Å². The van der Waals surface area contributed by atoms with Crippen LogP contribution in [-0.2, 0) is 65.4 Å². The fraction of sp³-hybridized carbons (Fsp3) is 0.943. The van der Waals surface area contributed by atoms with E-state index in [-0.39, 0.29) is 25.7 Å². The predicted molar refractivity (Wildman–Crippen MR) is 358 cm³/mol. The zero-order valence-electron chi connectivity index (χ0n) is 57.7. The molecule has 0 fully saturated rings. The number of ether oxygens (including phenoxy) is 4. The van der Waals surface area contributed by atoms with E-state index in [1.807, 2.05) is 0 Å². The fourth-order valence-corrected chi connectivity index (χ4v) is 12.2. The number of esters is 4. The molecule has 2 unspecified atom stereocenters. The maximum atomic E-state index is 13.0. The summed E-state index contributed by atoms with van der Waals surface area (Å²) in [5.74, 6) is -0.637. The monoisotopic (exact) mass is 1310 g/mol. The number of carbonyl (C=O) groups excluding carboxylic acids is 4. The SMILES string of the molecule is CCCCCCCCCCCCCCCCC(=O)OC[C@H](COP(=O)(O)OC[C@@H](O)COP(=O)(O)OC[C@@H](COC(=O)CCCCCCCCCC)OC(=O)CCCCCCCCCC(C)C)OC(=O)CCCCCCCCCCCCCCCCC(C)C. The average molecular weight is 1310 g/mol. The molecule has 0 amide bonds. The van der Waals surface area contributed by atoms with Gasteiger partial charge in [-0.1, -0.05) is 305 Å². The Bertz CT molecular complexity index is 1730. The molecule has 0 aromatic heterocycles. The fourth-order valence-electron chi connectivity index (χ4n) is 10.6. The van der Waals surface area contributed by atoms with Gasteiger partial charge in [0.05, 0.1) is 26.4 Å². The molecule has 0 rings (SSSR count). The van der Waals surface area contributed by atoms with E-state index in [9.17, 15) is 43.2 Å². The molecule has 0 saturated heterocycles. The van der Waals surface area contributed by atoms with Crippen molar-refractivity contribution < 1.29 is 80.2 Å². The third-order valence-corrected chi connectivity index (χ3v) is 18.1. The van der Waals surface area contributed by atoms with E-state index < -0.39 is 97.5 Å². The lowest BCUT2D eigenvalue weighted by atomic mass is 10.0. The Balaban J connectivity index is 5.21. The first-order chi connectivity index (χ1) is 42.9. The van der Waals surface area contributed by atoms with E-state index in [0.29, 0.717) is 31.6 Å². The normalized spacial score (nSPS) is 14.1. The number of aliphatic hydroxyl groups is 1. The van der Waals surface area contributed by atoms with Crippen LogP contribution in [0.2, 0.25) is 0 Å². The van der Waals surface area contributed by atoms with Gasteiger partial charge in [0.2, 0.25) is 0 Å². The molecule has 0 aromatic rings. The van der Waals surface area contributed by atoms with Gasteiger partial charge < -0.3 is 33.8 Å². The largest absolute Gasteiger partial charge is 0.472 e. The summed E-state index contributed by atoms with van der Waals surface area (Å²) in [4.78, 5) is 72.4. The van der Waals surface area contributed by atoms with Crippen molar-refractivity contribution in [2.45, 2.75) is 374 Å². The molecule has 19 heteroatoms. The van der Waals surface area contributed by atoms with Gasteiger partial charge in [-0.25, -0.2) is 9.13 Å². The minimum absolute atomic E-state index is 0.103. The average Bonchev–Trinajstić information content (AvgIpc) is 3.71. The van der Waals surface area contributed by atoms with Gasteiger partial charge in [-0.2, -0.15) is 0 Å². The maximum Gasteiger partial charge on any atom is 0.472 e. The van der Waals surface area contributed by atoms with Gasteiger partial charge >= 0.3 is 39.5 Å². The van der Waals surface area contributed by atoms with Crippen LogP contribution < -0.4 is 0 Å². The van der Waals surface area contributed by atoms with E-state index in [2.05, 4.69) is 41.5 Å². The second-order valence-electron chi connectivity index (χ2n) is 26.2. The predicted octanol–water partition coefficient (Wildman–Crippen LogP) is 20.0. The lowest BCUT2D eigenvalue weighted by molar-refractivity contribution is -0.161. The molecule has 3 N–H and O–H groups in total. The van der Waals surface area contributed by atoms with Crippen molar-refractivity contribution in [2.24, 2.45) is 11.8 Å². The quantitative estimate of drug-likeness (QED) is 0.0222. The number of unbranched alkanes of at least 4 members (excludes halogenated alkanes) is 39. The number of rotatable bonds is 69. The standard InChI is InChI=1S/C70H136O17P2/c1-7-9-11-13-15-17-18-19-23-26-29-35-41-47-53-68(73)81-59-65(86-69(74)54-48-42-36-30-27-24-21-20-22-25-28-32-38-44-50-62(3)4)60-84-88(76,77)82-56-64(71)57-83-89(78,79)85-61-66(58-80-67(72)52-46-40-34-16-14-12-10-8-2)87-70(75)55-49-43-37-31-33-39-45-51-63(5)6/h62-66,71H,7-61H2,1-6H3,(H,76,77)(H,78,79)/t64-,65-,66-/m1/s1. The minimum Gasteiger partial charge on any atom is -0.462 e. The summed E-state index contributed by atoms with van der Waals surface area (Å²) < 4.78 is 68.2. The summed E-state index contributed by atoms with van der Waals surface area (Å²) in [6.45, 7) is 9.48. The van der Waals surface area contributed by atoms with Crippen LogP contribution in [0.25, 0.3) is 0 Å². The molecule has 0 saturated carbocycles. The Morgan fingerprint density at radius 2 is 0.517 bits per heavy atom. The third kappa shape index (κ3) is 64.6. The summed E-state index contributed by atoms with van der Waals surface area (Å²) in [6.07, 6.45) is 47.3. The zero-order chi connectivity index (χ0) is 65.7. The van der Waals surface area contributed by atoms with Gasteiger partial charge in [0.25, 0.3) is 0 Å². The van der Waals surface area contributed by atoms with Crippen LogP contribution in [0.4, 0.5) is 0 Å². The Hall–Kier alpha value is -1.94. The number of phosphoric ester groups is 2. The zero-order valence-corrected chi connectivity index (χ0v) is 59.5. The Labute approximate surface area is 543 Å². The minimum atomic E-state index is -4.95. The highest BCUT2D eigenvalue weighted by Gasteiger charge is 2.30. The van der Waals surface area contributed by atoms with Crippen molar-refractivity contribution in [1.29, 1.82) is 0 Å². The first-order valence-electron chi connectivity index (χ1n) is 36.5. The van der Waals surface area contributed by atoms with Gasteiger partial charge in [-0.05, 0) is 37.5 Å². The lowest BCUT2D eigenvalue weighted by Crippen LogP contribution is -2.30. The molecule has 0 radical (unpaired) electrons. The highest BCUT2D eigenvalue weighted by molar-refractivity contribution is 7.47. The summed E-state index contributed by atoms with van der Waals surface area (Å²) in [5, 5.41) is 10.6. The van der Waals surface area contributed by atoms with Crippen LogP contribution >= 0.6 is 15.6 Å². The summed E-state index contributed by atoms with van der Waals surface area (Å²) in [5.41, 5.74) is 0. The summed E-state index contributed by atoms with van der Waals surface area (Å²) in [6, 6.07) is 0. The number of phosphoric acid groups is 2. The second kappa shape index (κ2) is 62.2. The molecule has 0 bridgehead atoms. The molecule has 89 heavy (non-hydrogen) atoms. The topological polar surface area (TPSA) is 237 Å². The number of aliphatic hydroxyl groups excluding tert-OH is 1. The Morgan fingerprint density at radius 1 is 0.303 bits per heavy atom. The molecule has 0 aliphatic carbocycles. The number of hydrogen-bond acceptors (Lipinski definition) is 15. The van der Waals surface area contributed by atoms with Crippen LogP contribution in [0, 0.1) is 11.8 Å². The van der Waals surface area contributed by atoms with Gasteiger partial charge in [-0.15, -0.1) is 0 Å². The molecule has 528 valence electrons. The van der Waals surface area contributed by atoms with Crippen LogP contribution in [0.5, 0.6) is 0 Å². The Kier molecular flexibility index (Phi) is 60.8. The Morgan fingerprint density at radius 3 is 0.764 bits per heavy atom. The van der Waals surface area contributed by atoms with E-state index >= 15 is 0 Å². The number of carbonyl (C=O) groups is 4. The molecule has 0 spiro atoms. The third-order valence-electron chi connectivity index (χ3n) is 16.2. The molecular formula is C70H136O17P2. The molecule has 0 aliphatic rings. The molecule has 5 atom stereocenters. The second-order valence-corrected chi connectivity index (χ2v) is 29.1. The van der Waals surface area contributed by atoms with Gasteiger partial charge in [0.15, 0.2) is 12.2 Å². The van der Waals surface area contributed by atoms with Crippen molar-refractivity contribution in [1.82, 2.24) is 0 Å². The number of hydrogen-bond donors (Lipinski definition) is 3. The molecule has 0 aliphatic heterocycles. The van der Waals surface area contributed by atoms with Gasteiger partial charge in [0, 0.05) is 25.7 Å². The molecule has 17 nitrogen and oxygen atoms in total. The van der Waals surface area contributed by atoms with Crippen LogP contribution in [0.1, 0.15) is 356 Å². The highest BCUT2D eigenvalue weighted by Crippen LogP contribution is 2.45. The van der Waals surface area contributed by atoms with E-state index in [1.54, 1.807) is 0 Å². The van der Waals surface area contributed by atoms with Gasteiger partial charge in [0.1, 0.15) is 19.3 Å². The highest BCUT2D eigenvalue weighted by atomic mass is 31.2. The van der Waals surface area contributed by atoms with Crippen molar-refractivity contribution in [3.8, 4) is 0 Å². The van der Waals surface area contributed by atoms with Crippen molar-refractivity contribution in [3.63, 3.8) is 0 Å². The molecular weight excluding hydrogens is 1170 g/mol. The van der Waals surface area contributed by atoms with E-state index in [0.717, 1.165) is 102 Å². The van der Waals surface area contributed by atoms with Crippen LogP contribution in [0.3, 0.4) is 0 Å². The van der Waals surface area contributed by atoms with Crippen LogP contribution in [0.15, 0.2) is 0 Å². The van der Waals surface area contributed by atoms with E-state index in [4.69, 9.17) is 37.0 Å². The van der Waals surface area contributed by atoms with Crippen molar-refractivity contribution in [2.75, 3.05) is 39.6 Å². The molecule has 0 aromatic carbocycles. The smallest absolute Gasteiger partial charge is 0.462 e. The summed E-state index contributed by atoms with van der Waals surface area (Å²) in [7, 11) is -9.90. The lowest BCUT2D eigenvalue weighted by Gasteiger charge is -2.21. The first-order valence-corrected chi connectivity index (χ1v) is 39.5.